The van der Waals surface area contributed by atoms with Gasteiger partial charge in [-0.25, -0.2) is 9.48 Å². The minimum absolute atomic E-state index is 0.0306. The molecular weight excluding hydrogens is 272 g/mol. The molecule has 7 heteroatoms. The summed E-state index contributed by atoms with van der Waals surface area (Å²) in [6.45, 7) is 4.81. The summed E-state index contributed by atoms with van der Waals surface area (Å²) < 4.78 is 2.86. The van der Waals surface area contributed by atoms with Crippen LogP contribution in [-0.4, -0.2) is 49.3 Å². The number of pyridine rings is 1. The van der Waals surface area contributed by atoms with Gasteiger partial charge in [-0.15, -0.1) is 5.10 Å². The molecule has 0 saturated carbocycles. The number of hydrogen-bond donors (Lipinski definition) is 1. The zero-order valence-corrected chi connectivity index (χ0v) is 12.3. The van der Waals surface area contributed by atoms with Crippen LogP contribution >= 0.6 is 0 Å². The second-order valence-corrected chi connectivity index (χ2v) is 5.06. The fourth-order valence-electron chi connectivity index (χ4n) is 2.22. The highest BCUT2D eigenvalue weighted by molar-refractivity contribution is 5.69. The van der Waals surface area contributed by atoms with Gasteiger partial charge < -0.3 is 5.11 Å². The fraction of sp³-hybridized carbons (Fsp3) is 0.500. The molecular formula is C14H20N4O3. The third-order valence-corrected chi connectivity index (χ3v) is 3.64. The lowest BCUT2D eigenvalue weighted by Crippen LogP contribution is -2.40. The SMILES string of the molecule is CC[C@H](C)N(CCn1nc2ccccn2c1=O)CC(=O)O. The van der Waals surface area contributed by atoms with Crippen molar-refractivity contribution in [3.8, 4) is 0 Å². The molecule has 0 aliphatic carbocycles. The maximum absolute atomic E-state index is 12.1. The third kappa shape index (κ3) is 3.49. The Morgan fingerprint density at radius 1 is 1.48 bits per heavy atom. The van der Waals surface area contributed by atoms with Crippen LogP contribution < -0.4 is 5.69 Å². The van der Waals surface area contributed by atoms with E-state index in [-0.39, 0.29) is 18.3 Å². The number of fused-ring (bicyclic) bond motifs is 1. The maximum Gasteiger partial charge on any atom is 0.350 e. The lowest BCUT2D eigenvalue weighted by Gasteiger charge is -2.26. The first-order valence-corrected chi connectivity index (χ1v) is 7.03. The van der Waals surface area contributed by atoms with E-state index in [9.17, 15) is 9.59 Å². The summed E-state index contributed by atoms with van der Waals surface area (Å²) in [6.07, 6.45) is 2.53. The van der Waals surface area contributed by atoms with Crippen molar-refractivity contribution in [3.63, 3.8) is 0 Å². The average Bonchev–Trinajstić information content (AvgIpc) is 2.79. The first kappa shape index (κ1) is 15.2. The highest BCUT2D eigenvalue weighted by Gasteiger charge is 2.16. The molecule has 114 valence electrons. The number of carboxylic acid groups (broad SMARTS) is 1. The van der Waals surface area contributed by atoms with E-state index in [2.05, 4.69) is 5.10 Å². The van der Waals surface area contributed by atoms with E-state index in [1.54, 1.807) is 18.3 Å². The molecule has 7 nitrogen and oxygen atoms in total. The maximum atomic E-state index is 12.1. The van der Waals surface area contributed by atoms with Crippen molar-refractivity contribution in [1.82, 2.24) is 19.1 Å². The van der Waals surface area contributed by atoms with E-state index in [4.69, 9.17) is 5.11 Å². The predicted molar refractivity (Wildman–Crippen MR) is 78.4 cm³/mol. The van der Waals surface area contributed by atoms with Crippen LogP contribution in [-0.2, 0) is 11.3 Å². The van der Waals surface area contributed by atoms with Gasteiger partial charge >= 0.3 is 11.7 Å². The van der Waals surface area contributed by atoms with E-state index in [0.717, 1.165) is 6.42 Å². The normalized spacial score (nSPS) is 12.9. The van der Waals surface area contributed by atoms with Gasteiger partial charge in [0.2, 0.25) is 0 Å². The van der Waals surface area contributed by atoms with Gasteiger partial charge in [-0.3, -0.25) is 14.1 Å². The number of carboxylic acids is 1. The van der Waals surface area contributed by atoms with E-state index in [1.165, 1.54) is 9.08 Å². The Hall–Kier alpha value is -2.15. The van der Waals surface area contributed by atoms with Crippen LogP contribution in [0, 0.1) is 0 Å². The summed E-state index contributed by atoms with van der Waals surface area (Å²) in [7, 11) is 0. The molecule has 0 saturated heterocycles. The largest absolute Gasteiger partial charge is 0.480 e. The van der Waals surface area contributed by atoms with Crippen LogP contribution in [0.15, 0.2) is 29.2 Å². The van der Waals surface area contributed by atoms with E-state index >= 15 is 0 Å². The Kier molecular flexibility index (Phi) is 4.74. The van der Waals surface area contributed by atoms with Crippen molar-refractivity contribution in [2.75, 3.05) is 13.1 Å². The molecule has 1 N–H and O–H groups in total. The predicted octanol–water partition coefficient (Wildman–Crippen LogP) is 0.681. The molecule has 0 fully saturated rings. The van der Waals surface area contributed by atoms with Crippen molar-refractivity contribution < 1.29 is 9.90 Å². The zero-order valence-electron chi connectivity index (χ0n) is 12.3. The molecule has 2 aromatic rings. The highest BCUT2D eigenvalue weighted by atomic mass is 16.4. The Labute approximate surface area is 122 Å². The molecule has 0 radical (unpaired) electrons. The highest BCUT2D eigenvalue weighted by Crippen LogP contribution is 2.03. The molecule has 0 spiro atoms. The van der Waals surface area contributed by atoms with E-state index in [0.29, 0.717) is 18.7 Å². The summed E-state index contributed by atoms with van der Waals surface area (Å²) in [6, 6.07) is 5.51. The average molecular weight is 292 g/mol. The van der Waals surface area contributed by atoms with Crippen molar-refractivity contribution in [2.45, 2.75) is 32.9 Å². The standard InChI is InChI=1S/C14H20N4O3/c1-3-11(2)16(10-13(19)20)8-9-18-14(21)17-7-5-4-6-12(17)15-18/h4-7,11H,3,8-10H2,1-2H3,(H,19,20)/t11-/m0/s1. The molecule has 0 unspecified atom stereocenters. The van der Waals surface area contributed by atoms with Crippen molar-refractivity contribution in [2.24, 2.45) is 0 Å². The monoisotopic (exact) mass is 292 g/mol. The Bertz CT molecular complexity index is 676. The molecule has 0 amide bonds. The second kappa shape index (κ2) is 6.53. The van der Waals surface area contributed by atoms with Crippen LogP contribution in [0.2, 0.25) is 0 Å². The Morgan fingerprint density at radius 3 is 2.86 bits per heavy atom. The summed E-state index contributed by atoms with van der Waals surface area (Å²) in [4.78, 5) is 24.9. The van der Waals surface area contributed by atoms with Gasteiger partial charge in [0, 0.05) is 18.8 Å². The van der Waals surface area contributed by atoms with E-state index < -0.39 is 5.97 Å². The zero-order chi connectivity index (χ0) is 15.4. The van der Waals surface area contributed by atoms with Crippen LogP contribution in [0.1, 0.15) is 20.3 Å². The van der Waals surface area contributed by atoms with Crippen molar-refractivity contribution in [1.29, 1.82) is 0 Å². The molecule has 2 rings (SSSR count). The summed E-state index contributed by atoms with van der Waals surface area (Å²) in [5.41, 5.74) is 0.390. The Balaban J connectivity index is 2.13. The van der Waals surface area contributed by atoms with Gasteiger partial charge in [-0.1, -0.05) is 13.0 Å². The minimum atomic E-state index is -0.863. The summed E-state index contributed by atoms with van der Waals surface area (Å²) in [5, 5.41) is 13.2. The summed E-state index contributed by atoms with van der Waals surface area (Å²) in [5.74, 6) is -0.863. The van der Waals surface area contributed by atoms with Crippen LogP contribution in [0.4, 0.5) is 0 Å². The number of carbonyl (C=O) groups is 1. The van der Waals surface area contributed by atoms with Crippen molar-refractivity contribution in [3.05, 3.63) is 34.9 Å². The third-order valence-electron chi connectivity index (χ3n) is 3.64. The topological polar surface area (TPSA) is 79.8 Å². The van der Waals surface area contributed by atoms with Crippen molar-refractivity contribution >= 4 is 11.6 Å². The number of aliphatic carboxylic acids is 1. The van der Waals surface area contributed by atoms with Gasteiger partial charge in [-0.2, -0.15) is 0 Å². The first-order valence-electron chi connectivity index (χ1n) is 7.03. The van der Waals surface area contributed by atoms with Gasteiger partial charge in [0.15, 0.2) is 5.65 Å². The molecule has 1 atom stereocenters. The Morgan fingerprint density at radius 2 is 2.24 bits per heavy atom. The van der Waals surface area contributed by atoms with E-state index in [1.807, 2.05) is 24.8 Å². The number of nitrogens with zero attached hydrogens (tertiary/aromatic N) is 4. The van der Waals surface area contributed by atoms with Crippen LogP contribution in [0.5, 0.6) is 0 Å². The van der Waals surface area contributed by atoms with Crippen LogP contribution in [0.25, 0.3) is 5.65 Å². The molecule has 0 aliphatic rings. The number of aromatic nitrogens is 3. The second-order valence-electron chi connectivity index (χ2n) is 5.06. The molecule has 2 heterocycles. The number of hydrogen-bond acceptors (Lipinski definition) is 4. The quantitative estimate of drug-likeness (QED) is 0.812. The molecule has 0 aromatic carbocycles. The molecule has 2 aromatic heterocycles. The lowest BCUT2D eigenvalue weighted by atomic mass is 10.2. The van der Waals surface area contributed by atoms with Gasteiger partial charge in [0.05, 0.1) is 13.1 Å². The molecule has 0 aliphatic heterocycles. The van der Waals surface area contributed by atoms with Crippen LogP contribution in [0.3, 0.4) is 0 Å². The summed E-state index contributed by atoms with van der Waals surface area (Å²) >= 11 is 0. The number of rotatable bonds is 7. The van der Waals surface area contributed by atoms with Gasteiger partial charge in [-0.05, 0) is 25.5 Å². The van der Waals surface area contributed by atoms with Gasteiger partial charge in [0.1, 0.15) is 0 Å². The van der Waals surface area contributed by atoms with Gasteiger partial charge in [0.25, 0.3) is 0 Å². The molecule has 0 bridgehead atoms. The fourth-order valence-corrected chi connectivity index (χ4v) is 2.22. The lowest BCUT2D eigenvalue weighted by molar-refractivity contribution is -0.138. The first-order chi connectivity index (χ1) is 10.0. The molecule has 21 heavy (non-hydrogen) atoms. The minimum Gasteiger partial charge on any atom is -0.480 e. The smallest absolute Gasteiger partial charge is 0.350 e.